The van der Waals surface area contributed by atoms with Crippen molar-refractivity contribution in [3.63, 3.8) is 0 Å². The average molecular weight is 402 g/mol. The number of likely N-dealkylation sites (tertiary alicyclic amines) is 1. The molecule has 0 saturated carbocycles. The third-order valence-electron chi connectivity index (χ3n) is 6.76. The van der Waals surface area contributed by atoms with Gasteiger partial charge in [-0.2, -0.15) is 5.10 Å². The number of nitrogens with zero attached hydrogens (tertiary/aromatic N) is 4. The van der Waals surface area contributed by atoms with E-state index in [1.165, 1.54) is 6.92 Å². The number of fused-ring (bicyclic) bond motifs is 4. The Balaban J connectivity index is 1.60. The Hall–Kier alpha value is -2.38. The quantitative estimate of drug-likeness (QED) is 0.821. The van der Waals surface area contributed by atoms with Crippen LogP contribution in [0.2, 0.25) is 0 Å². The van der Waals surface area contributed by atoms with Gasteiger partial charge >= 0.3 is 0 Å². The topological polar surface area (TPSA) is 87.5 Å². The van der Waals surface area contributed by atoms with E-state index in [1.54, 1.807) is 4.68 Å². The van der Waals surface area contributed by atoms with E-state index in [-0.39, 0.29) is 35.7 Å². The fourth-order valence-electron chi connectivity index (χ4n) is 5.57. The number of nitrogens with one attached hydrogen (secondary N) is 1. The van der Waals surface area contributed by atoms with Crippen molar-refractivity contribution in [1.29, 1.82) is 0 Å². The summed E-state index contributed by atoms with van der Waals surface area (Å²) in [5.74, 6) is 0.623. The van der Waals surface area contributed by atoms with Gasteiger partial charge in [-0.15, -0.1) is 0 Å². The van der Waals surface area contributed by atoms with Gasteiger partial charge < -0.3 is 15.1 Å². The SMILES string of the molecule is CCn1nc(C)cc1C(=O)N1C[C@H]2C[C@@H](C1)[C@H](CNC(C)=O)N1C(=O)CCC[C@@H]21. The lowest BCUT2D eigenvalue weighted by Crippen LogP contribution is -2.67. The Morgan fingerprint density at radius 3 is 2.76 bits per heavy atom. The summed E-state index contributed by atoms with van der Waals surface area (Å²) in [6.07, 6.45) is 3.48. The van der Waals surface area contributed by atoms with E-state index in [4.69, 9.17) is 0 Å². The number of rotatable bonds is 4. The van der Waals surface area contributed by atoms with Gasteiger partial charge in [0.2, 0.25) is 11.8 Å². The highest BCUT2D eigenvalue weighted by Crippen LogP contribution is 2.41. The second-order valence-corrected chi connectivity index (χ2v) is 8.72. The Morgan fingerprint density at radius 2 is 2.03 bits per heavy atom. The minimum absolute atomic E-state index is 0.0241. The van der Waals surface area contributed by atoms with Crippen LogP contribution in [0, 0.1) is 18.8 Å². The first kappa shape index (κ1) is 19.9. The summed E-state index contributed by atoms with van der Waals surface area (Å²) in [6, 6.07) is 1.99. The Kier molecular flexibility index (Phi) is 5.36. The van der Waals surface area contributed by atoms with Crippen molar-refractivity contribution in [2.75, 3.05) is 19.6 Å². The molecule has 0 spiro atoms. The van der Waals surface area contributed by atoms with Crippen molar-refractivity contribution >= 4 is 17.7 Å². The van der Waals surface area contributed by atoms with E-state index in [2.05, 4.69) is 15.3 Å². The Morgan fingerprint density at radius 1 is 1.28 bits per heavy atom. The van der Waals surface area contributed by atoms with Gasteiger partial charge in [0, 0.05) is 45.6 Å². The van der Waals surface area contributed by atoms with E-state index in [1.807, 2.05) is 24.8 Å². The molecule has 8 heteroatoms. The van der Waals surface area contributed by atoms with E-state index < -0.39 is 0 Å². The van der Waals surface area contributed by atoms with Gasteiger partial charge in [0.25, 0.3) is 5.91 Å². The first-order valence-electron chi connectivity index (χ1n) is 10.8. The zero-order valence-electron chi connectivity index (χ0n) is 17.6. The van der Waals surface area contributed by atoms with Crippen LogP contribution in [0.4, 0.5) is 0 Å². The highest BCUT2D eigenvalue weighted by Gasteiger charge is 2.50. The minimum atomic E-state index is -0.0841. The predicted octanol–water partition coefficient (Wildman–Crippen LogP) is 1.19. The lowest BCUT2D eigenvalue weighted by Gasteiger charge is -2.56. The maximum absolute atomic E-state index is 13.3. The molecule has 2 bridgehead atoms. The number of hydrogen-bond donors (Lipinski definition) is 1. The zero-order valence-corrected chi connectivity index (χ0v) is 17.6. The number of piperidine rings is 3. The van der Waals surface area contributed by atoms with Crippen LogP contribution in [0.15, 0.2) is 6.07 Å². The monoisotopic (exact) mass is 401 g/mol. The molecule has 0 aromatic carbocycles. The molecule has 0 aliphatic carbocycles. The van der Waals surface area contributed by atoms with Crippen LogP contribution in [0.3, 0.4) is 0 Å². The highest BCUT2D eigenvalue weighted by molar-refractivity contribution is 5.93. The number of aryl methyl sites for hydroxylation is 2. The molecule has 4 rings (SSSR count). The molecule has 158 valence electrons. The van der Waals surface area contributed by atoms with E-state index >= 15 is 0 Å². The predicted molar refractivity (Wildman–Crippen MR) is 107 cm³/mol. The number of amides is 3. The third-order valence-corrected chi connectivity index (χ3v) is 6.76. The molecule has 29 heavy (non-hydrogen) atoms. The number of aromatic nitrogens is 2. The molecule has 4 atom stereocenters. The van der Waals surface area contributed by atoms with Crippen molar-refractivity contribution in [3.8, 4) is 0 Å². The summed E-state index contributed by atoms with van der Waals surface area (Å²) in [5, 5.41) is 7.34. The van der Waals surface area contributed by atoms with Crippen molar-refractivity contribution in [2.24, 2.45) is 11.8 Å². The average Bonchev–Trinajstić information content (AvgIpc) is 3.08. The molecule has 3 aliphatic heterocycles. The van der Waals surface area contributed by atoms with Gasteiger partial charge in [0.1, 0.15) is 5.69 Å². The molecule has 3 amide bonds. The fourth-order valence-corrected chi connectivity index (χ4v) is 5.57. The summed E-state index contributed by atoms with van der Waals surface area (Å²) in [5.41, 5.74) is 1.49. The normalized spacial score (nSPS) is 28.9. The van der Waals surface area contributed by atoms with Gasteiger partial charge in [-0.3, -0.25) is 19.1 Å². The second-order valence-electron chi connectivity index (χ2n) is 8.72. The van der Waals surface area contributed by atoms with Crippen molar-refractivity contribution in [1.82, 2.24) is 24.9 Å². The Bertz CT molecular complexity index is 819. The fraction of sp³-hybridized carbons (Fsp3) is 0.714. The molecule has 0 unspecified atom stereocenters. The molecule has 3 fully saturated rings. The maximum Gasteiger partial charge on any atom is 0.272 e. The lowest BCUT2D eigenvalue weighted by atomic mass is 9.72. The molecule has 0 radical (unpaired) electrons. The van der Waals surface area contributed by atoms with Crippen LogP contribution in [0.1, 0.15) is 55.7 Å². The van der Waals surface area contributed by atoms with Crippen LogP contribution in [-0.4, -0.2) is 69.0 Å². The van der Waals surface area contributed by atoms with E-state index in [9.17, 15) is 14.4 Å². The van der Waals surface area contributed by atoms with Gasteiger partial charge in [-0.25, -0.2) is 0 Å². The molecular weight excluding hydrogens is 370 g/mol. The summed E-state index contributed by atoms with van der Waals surface area (Å²) in [6.45, 7) is 7.82. The molecule has 8 nitrogen and oxygen atoms in total. The van der Waals surface area contributed by atoms with Crippen LogP contribution in [0.5, 0.6) is 0 Å². The van der Waals surface area contributed by atoms with Crippen LogP contribution < -0.4 is 5.32 Å². The molecule has 1 aromatic heterocycles. The summed E-state index contributed by atoms with van der Waals surface area (Å²) in [7, 11) is 0. The molecular formula is C21H31N5O3. The molecule has 3 saturated heterocycles. The molecule has 1 N–H and O–H groups in total. The van der Waals surface area contributed by atoms with Gasteiger partial charge in [-0.1, -0.05) is 0 Å². The van der Waals surface area contributed by atoms with E-state index in [0.717, 1.165) is 25.0 Å². The number of carbonyl (C=O) groups excluding carboxylic acids is 3. The smallest absolute Gasteiger partial charge is 0.272 e. The number of carbonyl (C=O) groups is 3. The van der Waals surface area contributed by atoms with Crippen molar-refractivity contribution < 1.29 is 14.4 Å². The summed E-state index contributed by atoms with van der Waals surface area (Å²) >= 11 is 0. The standard InChI is InChI=1S/C21H31N5O3/c1-4-25-18(8-13(2)23-25)21(29)24-11-15-9-16(12-24)19(10-22-14(3)27)26-17(15)6-5-7-20(26)28/h8,15-17,19H,4-7,9-12H2,1-3H3,(H,22,27)/t15-,16+,17+,19+/m1/s1. The van der Waals surface area contributed by atoms with Crippen LogP contribution in [-0.2, 0) is 16.1 Å². The first-order valence-corrected chi connectivity index (χ1v) is 10.8. The molecule has 1 aromatic rings. The van der Waals surface area contributed by atoms with Crippen molar-refractivity contribution in [3.05, 3.63) is 17.5 Å². The minimum Gasteiger partial charge on any atom is -0.354 e. The van der Waals surface area contributed by atoms with Gasteiger partial charge in [0.05, 0.1) is 11.7 Å². The van der Waals surface area contributed by atoms with Crippen molar-refractivity contribution in [2.45, 2.75) is 65.1 Å². The van der Waals surface area contributed by atoms with Gasteiger partial charge in [-0.05, 0) is 51.0 Å². The second kappa shape index (κ2) is 7.80. The summed E-state index contributed by atoms with van der Waals surface area (Å²) < 4.78 is 1.77. The summed E-state index contributed by atoms with van der Waals surface area (Å²) in [4.78, 5) is 41.7. The number of hydrogen-bond acceptors (Lipinski definition) is 4. The molecule has 3 aliphatic rings. The Labute approximate surface area is 171 Å². The highest BCUT2D eigenvalue weighted by atomic mass is 16.2. The van der Waals surface area contributed by atoms with Gasteiger partial charge in [0.15, 0.2) is 0 Å². The van der Waals surface area contributed by atoms with Crippen LogP contribution >= 0.6 is 0 Å². The largest absolute Gasteiger partial charge is 0.354 e. The van der Waals surface area contributed by atoms with E-state index in [0.29, 0.717) is 44.2 Å². The lowest BCUT2D eigenvalue weighted by molar-refractivity contribution is -0.151. The third kappa shape index (κ3) is 3.65. The maximum atomic E-state index is 13.3. The van der Waals surface area contributed by atoms with Crippen LogP contribution in [0.25, 0.3) is 0 Å². The zero-order chi connectivity index (χ0) is 20.7. The molecule has 4 heterocycles. The first-order chi connectivity index (χ1) is 13.9.